The summed E-state index contributed by atoms with van der Waals surface area (Å²) in [4.78, 5) is 4.54. The molecule has 1 aromatic carbocycles. The van der Waals surface area contributed by atoms with Gasteiger partial charge in [0, 0.05) is 19.3 Å². The van der Waals surface area contributed by atoms with E-state index in [2.05, 4.69) is 16.8 Å². The first-order valence-corrected chi connectivity index (χ1v) is 7.38. The zero-order chi connectivity index (χ0) is 14.7. The Morgan fingerprint density at radius 1 is 1.45 bits per heavy atom. The zero-order valence-corrected chi connectivity index (χ0v) is 12.9. The van der Waals surface area contributed by atoms with Crippen LogP contribution in [0.5, 0.6) is 0 Å². The van der Waals surface area contributed by atoms with Gasteiger partial charge in [0.2, 0.25) is 0 Å². The van der Waals surface area contributed by atoms with Crippen LogP contribution in [0.4, 0.5) is 10.1 Å². The minimum Gasteiger partial charge on any atom is -0.389 e. The second-order valence-corrected chi connectivity index (χ2v) is 6.07. The van der Waals surface area contributed by atoms with E-state index in [0.717, 1.165) is 25.3 Å². The van der Waals surface area contributed by atoms with Gasteiger partial charge in [-0.3, -0.25) is 0 Å². The number of thiocarbonyl (C=S) groups is 1. The van der Waals surface area contributed by atoms with Crippen molar-refractivity contribution in [3.05, 3.63) is 29.6 Å². The van der Waals surface area contributed by atoms with Crippen LogP contribution in [-0.4, -0.2) is 43.6 Å². The quantitative estimate of drug-likeness (QED) is 0.864. The van der Waals surface area contributed by atoms with Crippen LogP contribution >= 0.6 is 12.2 Å². The zero-order valence-electron chi connectivity index (χ0n) is 12.1. The lowest BCUT2D eigenvalue weighted by Crippen LogP contribution is -2.36. The summed E-state index contributed by atoms with van der Waals surface area (Å²) >= 11 is 4.98. The number of halogens is 1. The predicted octanol–water partition coefficient (Wildman–Crippen LogP) is 2.24. The monoisotopic (exact) mass is 295 g/mol. The topological polar surface area (TPSA) is 32.5 Å². The van der Waals surface area contributed by atoms with Gasteiger partial charge in [-0.2, -0.15) is 0 Å². The summed E-state index contributed by atoms with van der Waals surface area (Å²) < 4.78 is 13.9. The van der Waals surface area contributed by atoms with Crippen LogP contribution < -0.4 is 10.6 Å². The van der Waals surface area contributed by atoms with Crippen molar-refractivity contribution < 1.29 is 4.39 Å². The van der Waals surface area contributed by atoms with Gasteiger partial charge >= 0.3 is 0 Å². The van der Waals surface area contributed by atoms with Gasteiger partial charge in [0.1, 0.15) is 10.8 Å². The van der Waals surface area contributed by atoms with Crippen molar-refractivity contribution in [2.24, 2.45) is 11.7 Å². The van der Waals surface area contributed by atoms with Gasteiger partial charge in [-0.25, -0.2) is 4.39 Å². The van der Waals surface area contributed by atoms with Gasteiger partial charge < -0.3 is 15.5 Å². The standard InChI is InChI=1S/C15H22FN3S/c1-18-8-6-11(7-9-18)10-19(2)13-5-3-4-12(16)14(13)15(17)20/h3-5,11H,6-10H2,1-2H3,(H2,17,20). The molecule has 1 aliphatic heterocycles. The molecule has 20 heavy (non-hydrogen) atoms. The molecule has 1 fully saturated rings. The lowest BCUT2D eigenvalue weighted by atomic mass is 9.96. The smallest absolute Gasteiger partial charge is 0.135 e. The molecule has 1 aliphatic rings. The first kappa shape index (κ1) is 15.2. The van der Waals surface area contributed by atoms with Crippen LogP contribution in [0.15, 0.2) is 18.2 Å². The number of rotatable bonds is 4. The third-order valence-corrected chi connectivity index (χ3v) is 4.22. The molecule has 0 aliphatic carbocycles. The second-order valence-electron chi connectivity index (χ2n) is 5.63. The van der Waals surface area contributed by atoms with E-state index in [0.29, 0.717) is 11.5 Å². The van der Waals surface area contributed by atoms with Crippen LogP contribution in [0.25, 0.3) is 0 Å². The average Bonchev–Trinajstić information content (AvgIpc) is 2.40. The van der Waals surface area contributed by atoms with E-state index in [1.54, 1.807) is 6.07 Å². The van der Waals surface area contributed by atoms with E-state index in [9.17, 15) is 4.39 Å². The molecule has 0 spiro atoms. The first-order valence-electron chi connectivity index (χ1n) is 6.97. The molecule has 3 nitrogen and oxygen atoms in total. The second kappa shape index (κ2) is 6.50. The molecule has 0 unspecified atom stereocenters. The van der Waals surface area contributed by atoms with Crippen LogP contribution in [0.2, 0.25) is 0 Å². The molecule has 110 valence electrons. The van der Waals surface area contributed by atoms with E-state index in [1.807, 2.05) is 13.1 Å². The summed E-state index contributed by atoms with van der Waals surface area (Å²) in [7, 11) is 4.13. The van der Waals surface area contributed by atoms with Gasteiger partial charge in [0.15, 0.2) is 0 Å². The van der Waals surface area contributed by atoms with Crippen molar-refractivity contribution in [2.75, 3.05) is 38.6 Å². The summed E-state index contributed by atoms with van der Waals surface area (Å²) in [5, 5.41) is 0. The van der Waals surface area contributed by atoms with Gasteiger partial charge in [-0.1, -0.05) is 18.3 Å². The number of hydrogen-bond acceptors (Lipinski definition) is 3. The number of likely N-dealkylation sites (tertiary alicyclic amines) is 1. The van der Waals surface area contributed by atoms with Crippen LogP contribution in [0, 0.1) is 11.7 Å². The molecule has 0 radical (unpaired) electrons. The Kier molecular flexibility index (Phi) is 4.94. The maximum atomic E-state index is 13.9. The Bertz CT molecular complexity index is 484. The highest BCUT2D eigenvalue weighted by Gasteiger charge is 2.20. The predicted molar refractivity (Wildman–Crippen MR) is 85.8 cm³/mol. The van der Waals surface area contributed by atoms with E-state index in [1.165, 1.54) is 18.9 Å². The molecular formula is C15H22FN3S. The molecule has 0 bridgehead atoms. The largest absolute Gasteiger partial charge is 0.389 e. The molecule has 5 heteroatoms. The van der Waals surface area contributed by atoms with Gasteiger partial charge in [0.05, 0.1) is 5.56 Å². The van der Waals surface area contributed by atoms with Crippen LogP contribution in [0.3, 0.4) is 0 Å². The Morgan fingerprint density at radius 2 is 2.10 bits per heavy atom. The van der Waals surface area contributed by atoms with Gasteiger partial charge in [-0.05, 0) is 51.0 Å². The SMILES string of the molecule is CN1CCC(CN(C)c2cccc(F)c2C(N)=S)CC1. The van der Waals surface area contributed by atoms with Gasteiger partial charge in [-0.15, -0.1) is 0 Å². The van der Waals surface area contributed by atoms with Crippen molar-refractivity contribution in [1.82, 2.24) is 4.90 Å². The third-order valence-electron chi connectivity index (χ3n) is 4.02. The Balaban J connectivity index is 2.11. The molecule has 0 atom stereocenters. The molecule has 0 aromatic heterocycles. The Hall–Kier alpha value is -1.20. The fourth-order valence-corrected chi connectivity index (χ4v) is 3.01. The number of hydrogen-bond donors (Lipinski definition) is 1. The van der Waals surface area contributed by atoms with Crippen molar-refractivity contribution in [3.63, 3.8) is 0 Å². The Morgan fingerprint density at radius 3 is 2.70 bits per heavy atom. The van der Waals surface area contributed by atoms with Crippen molar-refractivity contribution >= 4 is 22.9 Å². The summed E-state index contributed by atoms with van der Waals surface area (Å²) in [5.74, 6) is 0.295. The number of benzene rings is 1. The minimum atomic E-state index is -0.342. The van der Waals surface area contributed by atoms with Crippen molar-refractivity contribution in [2.45, 2.75) is 12.8 Å². The summed E-state index contributed by atoms with van der Waals surface area (Å²) in [6.45, 7) is 3.17. The number of nitrogens with two attached hydrogens (primary N) is 1. The molecule has 0 amide bonds. The first-order chi connectivity index (χ1) is 9.49. The molecule has 0 saturated carbocycles. The highest BCUT2D eigenvalue weighted by atomic mass is 32.1. The summed E-state index contributed by atoms with van der Waals surface area (Å²) in [6, 6.07) is 4.99. The van der Waals surface area contributed by atoms with Crippen LogP contribution in [-0.2, 0) is 0 Å². The lowest BCUT2D eigenvalue weighted by molar-refractivity contribution is 0.222. The summed E-state index contributed by atoms with van der Waals surface area (Å²) in [5.41, 5.74) is 6.81. The maximum Gasteiger partial charge on any atom is 0.135 e. The molecular weight excluding hydrogens is 273 g/mol. The molecule has 1 aromatic rings. The molecule has 2 N–H and O–H groups in total. The fourth-order valence-electron chi connectivity index (χ4n) is 2.81. The van der Waals surface area contributed by atoms with E-state index >= 15 is 0 Å². The lowest BCUT2D eigenvalue weighted by Gasteiger charge is -2.33. The van der Waals surface area contributed by atoms with Crippen molar-refractivity contribution in [3.8, 4) is 0 Å². The normalized spacial score (nSPS) is 17.1. The molecule has 1 saturated heterocycles. The van der Waals surface area contributed by atoms with Crippen molar-refractivity contribution in [1.29, 1.82) is 0 Å². The minimum absolute atomic E-state index is 0.119. The molecule has 2 rings (SSSR count). The number of piperidine rings is 1. The summed E-state index contributed by atoms with van der Waals surface area (Å²) in [6.07, 6.45) is 2.36. The van der Waals surface area contributed by atoms with Crippen LogP contribution in [0.1, 0.15) is 18.4 Å². The van der Waals surface area contributed by atoms with Gasteiger partial charge in [0.25, 0.3) is 0 Å². The third kappa shape index (κ3) is 3.46. The molecule has 1 heterocycles. The Labute approximate surface area is 125 Å². The number of anilines is 1. The highest BCUT2D eigenvalue weighted by Crippen LogP contribution is 2.25. The average molecular weight is 295 g/mol. The fraction of sp³-hybridized carbons (Fsp3) is 0.533. The highest BCUT2D eigenvalue weighted by molar-refractivity contribution is 7.80. The van der Waals surface area contributed by atoms with E-state index in [4.69, 9.17) is 18.0 Å². The maximum absolute atomic E-state index is 13.9. The number of nitrogens with zero attached hydrogens (tertiary/aromatic N) is 2. The van der Waals surface area contributed by atoms with E-state index < -0.39 is 0 Å². The van der Waals surface area contributed by atoms with E-state index in [-0.39, 0.29) is 10.8 Å².